The van der Waals surface area contributed by atoms with E-state index in [-0.39, 0.29) is 86.0 Å². The molecule has 71 heavy (non-hydrogen) atoms. The molecule has 0 aliphatic heterocycles. The maximum atomic E-state index is 12.5. The second kappa shape index (κ2) is 42.7. The fourth-order valence-electron chi connectivity index (χ4n) is 7.71. The van der Waals surface area contributed by atoms with E-state index in [0.717, 1.165) is 38.5 Å². The summed E-state index contributed by atoms with van der Waals surface area (Å²) >= 11 is 0. The van der Waals surface area contributed by atoms with Crippen molar-refractivity contribution in [2.24, 2.45) is 0 Å². The molecule has 2 aromatic rings. The van der Waals surface area contributed by atoms with Crippen molar-refractivity contribution in [3.8, 4) is 0 Å². The van der Waals surface area contributed by atoms with Gasteiger partial charge in [0, 0.05) is 0 Å². The van der Waals surface area contributed by atoms with E-state index < -0.39 is 67.8 Å². The van der Waals surface area contributed by atoms with E-state index in [1.807, 2.05) is 0 Å². The molecule has 400 valence electrons. The molecule has 0 aliphatic rings. The molecule has 0 aromatic heterocycles. The largest absolute Gasteiger partial charge is 2.00 e. The van der Waals surface area contributed by atoms with Gasteiger partial charge in [0.15, 0.2) is 0 Å². The smallest absolute Gasteiger partial charge is 0.748 e. The van der Waals surface area contributed by atoms with Gasteiger partial charge in [-0.3, -0.25) is 0 Å². The Morgan fingerprint density at radius 3 is 0.803 bits per heavy atom. The van der Waals surface area contributed by atoms with Gasteiger partial charge < -0.3 is 28.1 Å². The summed E-state index contributed by atoms with van der Waals surface area (Å²) in [5.74, 6) is -2.97. The number of benzene rings is 2. The Hall–Kier alpha value is -2.60. The molecule has 0 aliphatic carbocycles. The minimum absolute atomic E-state index is 0. The van der Waals surface area contributed by atoms with Gasteiger partial charge in [0.05, 0.1) is 46.0 Å². The molecule has 0 fully saturated rings. The van der Waals surface area contributed by atoms with Gasteiger partial charge in [-0.25, -0.2) is 36.0 Å². The second-order valence-electron chi connectivity index (χ2n) is 18.1. The molecule has 0 amide bonds. The van der Waals surface area contributed by atoms with Gasteiger partial charge >= 0.3 is 61.6 Å². The van der Waals surface area contributed by atoms with Crippen LogP contribution in [-0.4, -0.2) is 124 Å². The molecular formula is C54H86CaO14S2. The quantitative estimate of drug-likeness (QED) is 0.0199. The summed E-state index contributed by atoms with van der Waals surface area (Å²) < 4.78 is 87.7. The summed E-state index contributed by atoms with van der Waals surface area (Å²) in [5.41, 5.74) is 0.0949. The Balaban J connectivity index is 0.00000136. The monoisotopic (exact) mass is 1060 g/mol. The molecule has 14 nitrogen and oxygen atoms in total. The van der Waals surface area contributed by atoms with Crippen LogP contribution in [0, 0.1) is 0 Å². The van der Waals surface area contributed by atoms with Crippen molar-refractivity contribution in [3.63, 3.8) is 0 Å². The molecule has 0 spiro atoms. The van der Waals surface area contributed by atoms with E-state index in [4.69, 9.17) is 18.9 Å². The van der Waals surface area contributed by atoms with Crippen LogP contribution in [0.5, 0.6) is 0 Å². The Morgan fingerprint density at radius 1 is 0.380 bits per heavy atom. The average Bonchev–Trinajstić information content (AvgIpc) is 3.33. The molecule has 17 heteroatoms. The zero-order valence-electron chi connectivity index (χ0n) is 43.6. The summed E-state index contributed by atoms with van der Waals surface area (Å²) in [5, 5.41) is -2.64. The van der Waals surface area contributed by atoms with E-state index in [0.29, 0.717) is 0 Å². The number of carbonyl (C=O) groups is 4. The Kier molecular flexibility index (Phi) is 41.2. The zero-order valence-corrected chi connectivity index (χ0v) is 47.5. The van der Waals surface area contributed by atoms with Crippen molar-refractivity contribution < 1.29 is 64.1 Å². The van der Waals surface area contributed by atoms with Crippen LogP contribution in [0.1, 0.15) is 249 Å². The van der Waals surface area contributed by atoms with Crippen molar-refractivity contribution >= 4 is 81.9 Å². The predicted octanol–water partition coefficient (Wildman–Crippen LogP) is 12.4. The average molecular weight is 1060 g/mol. The Labute approximate surface area is 457 Å². The van der Waals surface area contributed by atoms with Crippen LogP contribution in [0.2, 0.25) is 0 Å². The molecule has 2 unspecified atom stereocenters. The molecule has 0 saturated carbocycles. The number of rotatable bonds is 40. The topological polar surface area (TPSA) is 220 Å². The van der Waals surface area contributed by atoms with E-state index in [1.54, 1.807) is 24.3 Å². The maximum Gasteiger partial charge on any atom is 2.00 e. The van der Waals surface area contributed by atoms with E-state index in [2.05, 4.69) is 13.8 Å². The minimum atomic E-state index is -4.57. The van der Waals surface area contributed by atoms with E-state index >= 15 is 0 Å². The fraction of sp³-hybridized carbons (Fsp3) is 0.704. The SMILES string of the molecule is CCCCCCCCCCCCCCCOC(=O)c1ccccc1C(=O)OCC(CC)S(=O)(=O)[O-].CCCCCCCCCCCCCCCOC(=O)c1ccccc1C(=O)OCC(CC)S(=O)(=O)[O-].[Ca+2]. The third kappa shape index (κ3) is 33.0. The molecular weight excluding hydrogens is 977 g/mol. The first kappa shape index (κ1) is 68.4. The van der Waals surface area contributed by atoms with Gasteiger partial charge in [0.25, 0.3) is 0 Å². The number of ether oxygens (including phenoxy) is 4. The zero-order chi connectivity index (χ0) is 51.9. The molecule has 0 N–H and O–H groups in total. The molecule has 2 atom stereocenters. The van der Waals surface area contributed by atoms with Crippen LogP contribution in [0.3, 0.4) is 0 Å². The Morgan fingerprint density at radius 2 is 0.592 bits per heavy atom. The van der Waals surface area contributed by atoms with E-state index in [9.17, 15) is 45.1 Å². The number of carbonyl (C=O) groups excluding carboxylic acids is 4. The van der Waals surface area contributed by atoms with Gasteiger partial charge in [0.1, 0.15) is 33.5 Å². The van der Waals surface area contributed by atoms with Crippen molar-refractivity contribution in [2.75, 3.05) is 26.4 Å². The first-order valence-electron chi connectivity index (χ1n) is 26.4. The maximum absolute atomic E-state index is 12.5. The summed E-state index contributed by atoms with van der Waals surface area (Å²) in [6, 6.07) is 12.1. The third-order valence-corrected chi connectivity index (χ3v) is 14.8. The van der Waals surface area contributed by atoms with Crippen molar-refractivity contribution in [3.05, 3.63) is 70.8 Å². The van der Waals surface area contributed by atoms with Gasteiger partial charge in [-0.1, -0.05) is 206 Å². The molecule has 2 rings (SSSR count). The first-order chi connectivity index (χ1) is 33.6. The Bertz CT molecular complexity index is 1820. The molecule has 2 aromatic carbocycles. The molecule has 0 radical (unpaired) electrons. The van der Waals surface area contributed by atoms with Crippen molar-refractivity contribution in [2.45, 2.75) is 218 Å². The van der Waals surface area contributed by atoms with Gasteiger partial charge in [0.2, 0.25) is 0 Å². The fourth-order valence-corrected chi connectivity index (χ4v) is 8.99. The van der Waals surface area contributed by atoms with Crippen LogP contribution < -0.4 is 0 Å². The number of unbranched alkanes of at least 4 members (excludes halogenated alkanes) is 24. The van der Waals surface area contributed by atoms with Crippen molar-refractivity contribution in [1.82, 2.24) is 0 Å². The summed E-state index contributed by atoms with van der Waals surface area (Å²) in [6.07, 6.45) is 32.0. The predicted molar refractivity (Wildman–Crippen MR) is 279 cm³/mol. The minimum Gasteiger partial charge on any atom is -0.748 e. The van der Waals surface area contributed by atoms with Crippen molar-refractivity contribution in [1.29, 1.82) is 0 Å². The van der Waals surface area contributed by atoms with Crippen LogP contribution in [-0.2, 0) is 39.2 Å². The summed E-state index contributed by atoms with van der Waals surface area (Å²) in [7, 11) is -9.14. The van der Waals surface area contributed by atoms with Gasteiger partial charge in [-0.15, -0.1) is 0 Å². The van der Waals surface area contributed by atoms with Crippen LogP contribution in [0.15, 0.2) is 48.5 Å². The van der Waals surface area contributed by atoms with E-state index in [1.165, 1.54) is 167 Å². The second-order valence-corrected chi connectivity index (χ2v) is 21.4. The van der Waals surface area contributed by atoms with Gasteiger partial charge in [-0.05, 0) is 49.9 Å². The number of hydrogen-bond donors (Lipinski definition) is 0. The van der Waals surface area contributed by atoms with Gasteiger partial charge in [-0.2, -0.15) is 0 Å². The normalized spacial score (nSPS) is 12.1. The molecule has 0 saturated heterocycles. The van der Waals surface area contributed by atoms with Crippen LogP contribution in [0.4, 0.5) is 0 Å². The molecule has 0 bridgehead atoms. The molecule has 0 heterocycles. The standard InChI is InChI=1S/2C27H44O7S.Ca/c2*1-3-5-6-7-8-9-10-11-12-13-14-15-18-21-33-26(28)24-19-16-17-20-25(24)27(29)34-22-23(4-2)35(30,31)32;/h2*16-17,19-20,23H,3-15,18,21-22H2,1-2H3,(H,30,31,32);/q;;+2/p-2. The summed E-state index contributed by atoms with van der Waals surface area (Å²) in [4.78, 5) is 49.7. The number of hydrogen-bond acceptors (Lipinski definition) is 14. The first-order valence-corrected chi connectivity index (χ1v) is 29.3. The number of esters is 4. The summed E-state index contributed by atoms with van der Waals surface area (Å²) in [6.45, 7) is 6.96. The van der Waals surface area contributed by atoms with Crippen LogP contribution in [0.25, 0.3) is 0 Å². The third-order valence-electron chi connectivity index (χ3n) is 12.2. The van der Waals surface area contributed by atoms with Crippen LogP contribution >= 0.6 is 0 Å².